The normalized spacial score (nSPS) is 11.7. The minimum absolute atomic E-state index is 0.0583. The highest BCUT2D eigenvalue weighted by Crippen LogP contribution is 2.26. The van der Waals surface area contributed by atoms with E-state index in [2.05, 4.69) is 15.6 Å². The molecule has 1 unspecified atom stereocenters. The Morgan fingerprint density at radius 1 is 1.21 bits per heavy atom. The number of para-hydroxylation sites is 2. The standard InChI is InChI=1S/C19H22N4O4S/c1-12(2)18(19(25)21-14-6-4-5-7-15(14)23(26)27)28-11-17(24)22-16-10-13(3)8-9-20-16/h4-10,12,18H,11H2,1-3H3,(H,21,25)(H,20,22,24). The van der Waals surface area contributed by atoms with Crippen LogP contribution < -0.4 is 10.6 Å². The predicted octanol–water partition coefficient (Wildman–Crippen LogP) is 3.63. The third-order valence-corrected chi connectivity index (χ3v) is 5.35. The summed E-state index contributed by atoms with van der Waals surface area (Å²) in [5.74, 6) is -0.209. The van der Waals surface area contributed by atoms with Crippen molar-refractivity contribution in [3.05, 3.63) is 58.3 Å². The van der Waals surface area contributed by atoms with Crippen LogP contribution in [0.15, 0.2) is 42.6 Å². The summed E-state index contributed by atoms with van der Waals surface area (Å²) in [6, 6.07) is 9.54. The van der Waals surface area contributed by atoms with Gasteiger partial charge < -0.3 is 10.6 Å². The van der Waals surface area contributed by atoms with Gasteiger partial charge in [0.25, 0.3) is 5.69 Å². The van der Waals surface area contributed by atoms with E-state index in [0.29, 0.717) is 5.82 Å². The highest BCUT2D eigenvalue weighted by Gasteiger charge is 2.26. The van der Waals surface area contributed by atoms with Gasteiger partial charge in [-0.1, -0.05) is 26.0 Å². The first-order valence-corrected chi connectivity index (χ1v) is 9.71. The van der Waals surface area contributed by atoms with Gasteiger partial charge in [-0.15, -0.1) is 11.8 Å². The van der Waals surface area contributed by atoms with Gasteiger partial charge in [-0.2, -0.15) is 0 Å². The molecule has 1 aromatic carbocycles. The summed E-state index contributed by atoms with van der Waals surface area (Å²) >= 11 is 1.18. The fourth-order valence-corrected chi connectivity index (χ4v) is 3.46. The third kappa shape index (κ3) is 6.05. The molecule has 148 valence electrons. The zero-order valence-corrected chi connectivity index (χ0v) is 16.7. The molecule has 0 aliphatic heterocycles. The number of hydrogen-bond donors (Lipinski definition) is 2. The Balaban J connectivity index is 2.00. The summed E-state index contributed by atoms with van der Waals surface area (Å²) in [4.78, 5) is 39.5. The maximum absolute atomic E-state index is 12.6. The molecule has 1 atom stereocenters. The number of thioether (sulfide) groups is 1. The zero-order valence-electron chi connectivity index (χ0n) is 15.8. The molecule has 0 saturated heterocycles. The number of nitro groups is 1. The van der Waals surface area contributed by atoms with E-state index in [1.807, 2.05) is 26.8 Å². The Morgan fingerprint density at radius 3 is 2.57 bits per heavy atom. The number of amides is 2. The second-order valence-corrected chi connectivity index (χ2v) is 7.64. The number of nitro benzene ring substituents is 1. The van der Waals surface area contributed by atoms with Crippen LogP contribution in [0, 0.1) is 23.0 Å². The summed E-state index contributed by atoms with van der Waals surface area (Å²) in [5, 5.41) is 15.9. The Labute approximate surface area is 167 Å². The Morgan fingerprint density at radius 2 is 1.93 bits per heavy atom. The number of rotatable bonds is 8. The molecule has 2 rings (SSSR count). The molecule has 0 aliphatic rings. The molecular formula is C19H22N4O4S. The maximum atomic E-state index is 12.6. The molecule has 28 heavy (non-hydrogen) atoms. The smallest absolute Gasteiger partial charge is 0.292 e. The highest BCUT2D eigenvalue weighted by molar-refractivity contribution is 8.01. The minimum atomic E-state index is -0.546. The van der Waals surface area contributed by atoms with Crippen molar-refractivity contribution >= 4 is 40.8 Å². The van der Waals surface area contributed by atoms with Crippen LogP contribution >= 0.6 is 11.8 Å². The summed E-state index contributed by atoms with van der Waals surface area (Å²) in [6.45, 7) is 5.61. The second kappa shape index (κ2) is 9.84. The number of pyridine rings is 1. The minimum Gasteiger partial charge on any atom is -0.319 e. The number of aryl methyl sites for hydroxylation is 1. The maximum Gasteiger partial charge on any atom is 0.292 e. The first-order valence-electron chi connectivity index (χ1n) is 8.66. The van der Waals surface area contributed by atoms with E-state index >= 15 is 0 Å². The van der Waals surface area contributed by atoms with E-state index in [-0.39, 0.29) is 34.9 Å². The summed E-state index contributed by atoms with van der Waals surface area (Å²) in [5.41, 5.74) is 0.936. The van der Waals surface area contributed by atoms with Crippen molar-refractivity contribution in [2.24, 2.45) is 5.92 Å². The first kappa shape index (κ1) is 21.4. The number of carbonyl (C=O) groups excluding carboxylic acids is 2. The van der Waals surface area contributed by atoms with Crippen LogP contribution in [0.2, 0.25) is 0 Å². The van der Waals surface area contributed by atoms with Crippen LogP contribution in [0.1, 0.15) is 19.4 Å². The third-order valence-electron chi connectivity index (χ3n) is 3.80. The van der Waals surface area contributed by atoms with Crippen LogP contribution in [0.25, 0.3) is 0 Å². The number of carbonyl (C=O) groups is 2. The molecular weight excluding hydrogens is 380 g/mol. The Hall–Kier alpha value is -2.94. The molecule has 0 aliphatic carbocycles. The van der Waals surface area contributed by atoms with Crippen LogP contribution in [-0.2, 0) is 9.59 Å². The highest BCUT2D eigenvalue weighted by atomic mass is 32.2. The van der Waals surface area contributed by atoms with Crippen LogP contribution in [0.4, 0.5) is 17.2 Å². The molecule has 1 heterocycles. The van der Waals surface area contributed by atoms with Crippen LogP contribution in [-0.4, -0.2) is 32.7 Å². The fraction of sp³-hybridized carbons (Fsp3) is 0.316. The first-order chi connectivity index (χ1) is 13.3. The van der Waals surface area contributed by atoms with Gasteiger partial charge in [0.1, 0.15) is 11.5 Å². The van der Waals surface area contributed by atoms with E-state index in [9.17, 15) is 19.7 Å². The van der Waals surface area contributed by atoms with Crippen molar-refractivity contribution in [3.63, 3.8) is 0 Å². The van der Waals surface area contributed by atoms with Gasteiger partial charge in [0.15, 0.2) is 0 Å². The SMILES string of the molecule is Cc1ccnc(NC(=O)CSC(C(=O)Nc2ccccc2[N+](=O)[O-])C(C)C)c1. The van der Waals surface area contributed by atoms with E-state index in [1.165, 1.54) is 30.0 Å². The number of nitrogens with one attached hydrogen (secondary N) is 2. The predicted molar refractivity (Wildman–Crippen MR) is 110 cm³/mol. The summed E-state index contributed by atoms with van der Waals surface area (Å²) < 4.78 is 0. The van der Waals surface area contributed by atoms with E-state index in [0.717, 1.165) is 5.56 Å². The molecule has 2 amide bonds. The van der Waals surface area contributed by atoms with Crippen molar-refractivity contribution < 1.29 is 14.5 Å². The molecule has 2 N–H and O–H groups in total. The average molecular weight is 402 g/mol. The summed E-state index contributed by atoms with van der Waals surface area (Å²) in [7, 11) is 0. The topological polar surface area (TPSA) is 114 Å². The Kier molecular flexibility index (Phi) is 7.51. The molecule has 0 spiro atoms. The molecule has 0 bridgehead atoms. The van der Waals surface area contributed by atoms with Crippen LogP contribution in [0.3, 0.4) is 0 Å². The van der Waals surface area contributed by atoms with Crippen molar-refractivity contribution in [2.75, 3.05) is 16.4 Å². The Bertz CT molecular complexity index is 873. The molecule has 0 fully saturated rings. The fourth-order valence-electron chi connectivity index (χ4n) is 2.46. The number of benzene rings is 1. The van der Waals surface area contributed by atoms with Gasteiger partial charge in [0, 0.05) is 12.3 Å². The molecule has 0 radical (unpaired) electrons. The second-order valence-electron chi connectivity index (χ2n) is 6.51. The summed E-state index contributed by atoms with van der Waals surface area (Å²) in [6.07, 6.45) is 1.61. The van der Waals surface area contributed by atoms with Gasteiger partial charge in [0.05, 0.1) is 15.9 Å². The zero-order chi connectivity index (χ0) is 20.7. The lowest BCUT2D eigenvalue weighted by atomic mass is 10.1. The lowest BCUT2D eigenvalue weighted by molar-refractivity contribution is -0.383. The van der Waals surface area contributed by atoms with Gasteiger partial charge >= 0.3 is 0 Å². The number of anilines is 2. The van der Waals surface area contributed by atoms with Gasteiger partial charge in [0.2, 0.25) is 11.8 Å². The van der Waals surface area contributed by atoms with Crippen molar-refractivity contribution in [1.82, 2.24) is 4.98 Å². The van der Waals surface area contributed by atoms with E-state index < -0.39 is 10.2 Å². The van der Waals surface area contributed by atoms with Gasteiger partial charge in [-0.05, 0) is 36.6 Å². The lowest BCUT2D eigenvalue weighted by Crippen LogP contribution is -2.31. The molecule has 2 aromatic rings. The average Bonchev–Trinajstić information content (AvgIpc) is 2.61. The van der Waals surface area contributed by atoms with E-state index in [1.54, 1.807) is 18.3 Å². The molecule has 9 heteroatoms. The van der Waals surface area contributed by atoms with E-state index in [4.69, 9.17) is 0 Å². The monoisotopic (exact) mass is 402 g/mol. The number of aromatic nitrogens is 1. The molecule has 0 saturated carbocycles. The van der Waals surface area contributed by atoms with Gasteiger partial charge in [-0.3, -0.25) is 19.7 Å². The number of nitrogens with zero attached hydrogens (tertiary/aromatic N) is 2. The quantitative estimate of drug-likeness (QED) is 0.515. The lowest BCUT2D eigenvalue weighted by Gasteiger charge is -2.19. The van der Waals surface area contributed by atoms with Crippen molar-refractivity contribution in [1.29, 1.82) is 0 Å². The van der Waals surface area contributed by atoms with Crippen molar-refractivity contribution in [2.45, 2.75) is 26.0 Å². The van der Waals surface area contributed by atoms with Crippen molar-refractivity contribution in [3.8, 4) is 0 Å². The van der Waals surface area contributed by atoms with Gasteiger partial charge in [-0.25, -0.2) is 4.98 Å². The van der Waals surface area contributed by atoms with Crippen LogP contribution in [0.5, 0.6) is 0 Å². The molecule has 1 aromatic heterocycles. The molecule has 8 nitrogen and oxygen atoms in total. The number of hydrogen-bond acceptors (Lipinski definition) is 6. The largest absolute Gasteiger partial charge is 0.319 e.